The summed E-state index contributed by atoms with van der Waals surface area (Å²) >= 11 is -1.24. The Hall–Kier alpha value is -1.15. The SMILES string of the molecule is [CH3][Ge]1=[C](c2ccccc2)CC[C]1(C)c1ccccc1. The predicted octanol–water partition coefficient (Wildman–Crippen LogP) is 4.20. The van der Waals surface area contributed by atoms with E-state index in [1.54, 1.807) is 9.91 Å². The van der Waals surface area contributed by atoms with Gasteiger partial charge in [-0.1, -0.05) is 0 Å². The molecule has 0 spiro atoms. The summed E-state index contributed by atoms with van der Waals surface area (Å²) in [5.74, 6) is 2.56. The average Bonchev–Trinajstić information content (AvgIpc) is 2.78. The Morgan fingerprint density at radius 2 is 1.47 bits per heavy atom. The maximum absolute atomic E-state index is 2.56. The van der Waals surface area contributed by atoms with Crippen LogP contribution in [0.15, 0.2) is 60.7 Å². The fourth-order valence-corrected chi connectivity index (χ4v) is 9.26. The molecular weight excluding hydrogens is 289 g/mol. The quantitative estimate of drug-likeness (QED) is 0.729. The fourth-order valence-electron chi connectivity index (χ4n) is 3.25. The second-order valence-electron chi connectivity index (χ2n) is 5.67. The van der Waals surface area contributed by atoms with E-state index in [-0.39, 0.29) is 0 Å². The Balaban J connectivity index is 2.06. The van der Waals surface area contributed by atoms with Gasteiger partial charge in [-0.15, -0.1) is 0 Å². The summed E-state index contributed by atoms with van der Waals surface area (Å²) in [6.45, 7) is 2.49. The standard InChI is InChI=1S/C18H20Ge/c1-18(16-11-7-4-8-12-16)14-13-17(19(18)2)15-9-5-3-6-10-15/h3-12H,13-14H2,1-2H3. The van der Waals surface area contributed by atoms with Gasteiger partial charge in [0.1, 0.15) is 0 Å². The molecule has 0 fully saturated rings. The molecule has 0 bridgehead atoms. The number of rotatable bonds is 2. The second-order valence-corrected chi connectivity index (χ2v) is 11.9. The van der Waals surface area contributed by atoms with Crippen molar-refractivity contribution in [2.75, 3.05) is 0 Å². The minimum absolute atomic E-state index is 0.451. The molecule has 0 amide bonds. The third-order valence-corrected chi connectivity index (χ3v) is 12.3. The molecule has 0 saturated heterocycles. The van der Waals surface area contributed by atoms with Crippen LogP contribution in [-0.4, -0.2) is 18.3 Å². The van der Waals surface area contributed by atoms with Crippen LogP contribution in [0.1, 0.15) is 30.9 Å². The Labute approximate surface area is 120 Å². The maximum atomic E-state index is 2.56. The van der Waals surface area contributed by atoms with Gasteiger partial charge in [-0.05, 0) is 0 Å². The van der Waals surface area contributed by atoms with E-state index in [1.165, 1.54) is 18.4 Å². The van der Waals surface area contributed by atoms with Crippen molar-refractivity contribution in [3.8, 4) is 0 Å². The number of hydrogen-bond donors (Lipinski definition) is 0. The predicted molar refractivity (Wildman–Crippen MR) is 85.2 cm³/mol. The normalized spacial score (nSPS) is 22.8. The first-order chi connectivity index (χ1) is 9.22. The molecular formula is C18H20Ge. The molecule has 1 heterocycles. The van der Waals surface area contributed by atoms with Crippen molar-refractivity contribution in [2.45, 2.75) is 29.8 Å². The first-order valence-electron chi connectivity index (χ1n) is 7.03. The number of hydrogen-bond acceptors (Lipinski definition) is 0. The average molecular weight is 309 g/mol. The topological polar surface area (TPSA) is 0 Å². The third kappa shape index (κ3) is 2.23. The van der Waals surface area contributed by atoms with Gasteiger partial charge in [0.15, 0.2) is 0 Å². The summed E-state index contributed by atoms with van der Waals surface area (Å²) in [7, 11) is 0. The molecule has 1 heteroatoms. The van der Waals surface area contributed by atoms with Crippen LogP contribution in [0.5, 0.6) is 0 Å². The van der Waals surface area contributed by atoms with E-state index in [1.807, 2.05) is 0 Å². The van der Waals surface area contributed by atoms with Gasteiger partial charge >= 0.3 is 120 Å². The zero-order valence-corrected chi connectivity index (χ0v) is 13.8. The first-order valence-corrected chi connectivity index (χ1v) is 11.2. The Bertz CT molecular complexity index is 598. The molecule has 0 saturated carbocycles. The van der Waals surface area contributed by atoms with Crippen LogP contribution in [0.4, 0.5) is 0 Å². The second kappa shape index (κ2) is 5.09. The van der Waals surface area contributed by atoms with Gasteiger partial charge in [-0.25, -0.2) is 0 Å². The van der Waals surface area contributed by atoms with E-state index in [0.29, 0.717) is 4.25 Å². The Kier molecular flexibility index (Phi) is 3.44. The van der Waals surface area contributed by atoms with Gasteiger partial charge in [0.2, 0.25) is 0 Å². The van der Waals surface area contributed by atoms with Crippen molar-refractivity contribution in [2.24, 2.45) is 0 Å². The Morgan fingerprint density at radius 1 is 0.895 bits per heavy atom. The van der Waals surface area contributed by atoms with Crippen LogP contribution >= 0.6 is 0 Å². The van der Waals surface area contributed by atoms with E-state index >= 15 is 0 Å². The molecule has 96 valence electrons. The molecule has 0 aromatic heterocycles. The van der Waals surface area contributed by atoms with Gasteiger partial charge in [0, 0.05) is 0 Å². The third-order valence-electron chi connectivity index (χ3n) is 4.69. The van der Waals surface area contributed by atoms with E-state index in [4.69, 9.17) is 0 Å². The van der Waals surface area contributed by atoms with E-state index < -0.39 is 13.9 Å². The van der Waals surface area contributed by atoms with E-state index in [2.05, 4.69) is 73.3 Å². The van der Waals surface area contributed by atoms with Crippen LogP contribution in [0, 0.1) is 0 Å². The monoisotopic (exact) mass is 310 g/mol. The molecule has 1 unspecified atom stereocenters. The van der Waals surface area contributed by atoms with E-state index in [9.17, 15) is 0 Å². The molecule has 0 aliphatic carbocycles. The summed E-state index contributed by atoms with van der Waals surface area (Å²) in [6, 6.07) is 22.2. The van der Waals surface area contributed by atoms with Crippen LogP contribution in [-0.2, 0) is 4.25 Å². The summed E-state index contributed by atoms with van der Waals surface area (Å²) < 4.78 is 2.24. The van der Waals surface area contributed by atoms with Crippen LogP contribution < -0.4 is 0 Å². The van der Waals surface area contributed by atoms with Crippen molar-refractivity contribution in [3.63, 3.8) is 0 Å². The van der Waals surface area contributed by atoms with E-state index in [0.717, 1.165) is 0 Å². The van der Waals surface area contributed by atoms with Crippen LogP contribution in [0.3, 0.4) is 0 Å². The number of benzene rings is 2. The summed E-state index contributed by atoms with van der Waals surface area (Å²) in [6.07, 6.45) is 2.62. The first kappa shape index (κ1) is 12.9. The molecule has 3 rings (SSSR count). The zero-order valence-electron chi connectivity index (χ0n) is 11.7. The molecule has 2 aromatic rings. The van der Waals surface area contributed by atoms with Gasteiger partial charge in [-0.3, -0.25) is 0 Å². The molecule has 1 atom stereocenters. The van der Waals surface area contributed by atoms with Crippen LogP contribution in [0.2, 0.25) is 5.76 Å². The van der Waals surface area contributed by atoms with Gasteiger partial charge < -0.3 is 0 Å². The van der Waals surface area contributed by atoms with Gasteiger partial charge in [-0.2, -0.15) is 0 Å². The molecule has 19 heavy (non-hydrogen) atoms. The molecule has 0 radical (unpaired) electrons. The molecule has 0 N–H and O–H groups in total. The summed E-state index contributed by atoms with van der Waals surface area (Å²) in [4.78, 5) is 0. The minimum atomic E-state index is -1.24. The van der Waals surface area contributed by atoms with Gasteiger partial charge in [0.05, 0.1) is 0 Å². The molecule has 1 aliphatic rings. The van der Waals surface area contributed by atoms with Crippen molar-refractivity contribution in [1.29, 1.82) is 0 Å². The molecule has 1 aliphatic heterocycles. The fraction of sp³-hybridized carbons (Fsp3) is 0.278. The van der Waals surface area contributed by atoms with Gasteiger partial charge in [0.25, 0.3) is 0 Å². The van der Waals surface area contributed by atoms with Crippen molar-refractivity contribution in [1.82, 2.24) is 0 Å². The van der Waals surface area contributed by atoms with Crippen molar-refractivity contribution < 1.29 is 0 Å². The Morgan fingerprint density at radius 3 is 2.11 bits per heavy atom. The molecule has 2 aromatic carbocycles. The van der Waals surface area contributed by atoms with Crippen molar-refractivity contribution >= 4 is 18.3 Å². The zero-order chi connectivity index (χ0) is 13.3. The summed E-state index contributed by atoms with van der Waals surface area (Å²) in [5, 5.41) is 0. The molecule has 0 nitrogen and oxygen atoms in total. The van der Waals surface area contributed by atoms with Crippen LogP contribution in [0.25, 0.3) is 0 Å². The van der Waals surface area contributed by atoms with Crippen molar-refractivity contribution in [3.05, 3.63) is 71.8 Å². The summed E-state index contributed by atoms with van der Waals surface area (Å²) in [5.41, 5.74) is 3.05.